The molecule has 1 unspecified atom stereocenters. The van der Waals surface area contributed by atoms with Crippen molar-refractivity contribution >= 4 is 9.73 Å². The van der Waals surface area contributed by atoms with Crippen molar-refractivity contribution in [3.8, 4) is 0 Å². The van der Waals surface area contributed by atoms with Crippen LogP contribution in [0.15, 0.2) is 4.36 Å². The molecule has 0 saturated carbocycles. The minimum absolute atomic E-state index is 0.192. The first-order valence-electron chi connectivity index (χ1n) is 3.76. The van der Waals surface area contributed by atoms with Crippen LogP contribution in [0.1, 0.15) is 27.7 Å². The maximum atomic E-state index is 11.7. The molecule has 0 aromatic heterocycles. The van der Waals surface area contributed by atoms with Gasteiger partial charge in [0.15, 0.2) is 0 Å². The monoisotopic (exact) mass is 163 g/mol. The molecule has 0 aromatic carbocycles. The standard InChI is InChI=1S/C7H17NOS/c1-5-8-10(9,6-2)7(3)4/h7H,5-6H2,1-4H3. The number of hydrogen-bond acceptors (Lipinski definition) is 2. The van der Waals surface area contributed by atoms with Gasteiger partial charge in [-0.2, -0.15) is 0 Å². The Morgan fingerprint density at radius 1 is 1.40 bits per heavy atom. The van der Waals surface area contributed by atoms with Crippen LogP contribution in [-0.2, 0) is 9.73 Å². The van der Waals surface area contributed by atoms with E-state index < -0.39 is 9.73 Å². The van der Waals surface area contributed by atoms with E-state index in [2.05, 4.69) is 4.36 Å². The molecule has 0 rings (SSSR count). The highest BCUT2D eigenvalue weighted by Crippen LogP contribution is 2.04. The number of hydrogen-bond donors (Lipinski definition) is 0. The molecule has 0 saturated heterocycles. The van der Waals surface area contributed by atoms with E-state index in [1.54, 1.807) is 0 Å². The van der Waals surface area contributed by atoms with E-state index in [4.69, 9.17) is 0 Å². The minimum Gasteiger partial charge on any atom is -0.250 e. The zero-order valence-corrected chi connectivity index (χ0v) is 8.07. The number of rotatable bonds is 3. The minimum atomic E-state index is -1.87. The molecule has 0 N–H and O–H groups in total. The second-order valence-electron chi connectivity index (χ2n) is 2.47. The molecule has 0 bridgehead atoms. The van der Waals surface area contributed by atoms with Gasteiger partial charge in [-0.3, -0.25) is 0 Å². The molecule has 0 aliphatic carbocycles. The average Bonchev–Trinajstić information content (AvgIpc) is 1.88. The van der Waals surface area contributed by atoms with Gasteiger partial charge in [-0.1, -0.05) is 20.8 Å². The van der Waals surface area contributed by atoms with Crippen LogP contribution < -0.4 is 0 Å². The second-order valence-corrected chi connectivity index (χ2v) is 5.63. The molecule has 0 amide bonds. The van der Waals surface area contributed by atoms with Gasteiger partial charge in [0.2, 0.25) is 0 Å². The zero-order valence-electron chi connectivity index (χ0n) is 7.26. The summed E-state index contributed by atoms with van der Waals surface area (Å²) in [7, 11) is -1.87. The van der Waals surface area contributed by atoms with E-state index in [0.717, 1.165) is 0 Å². The molecule has 0 aromatic rings. The Morgan fingerprint density at radius 2 is 1.90 bits per heavy atom. The maximum Gasteiger partial charge on any atom is 0.0488 e. The van der Waals surface area contributed by atoms with Crippen LogP contribution >= 0.6 is 0 Å². The lowest BCUT2D eigenvalue weighted by molar-refractivity contribution is 0.668. The van der Waals surface area contributed by atoms with Gasteiger partial charge in [0.05, 0.1) is 0 Å². The van der Waals surface area contributed by atoms with Gasteiger partial charge < -0.3 is 0 Å². The van der Waals surface area contributed by atoms with Crippen molar-refractivity contribution < 1.29 is 4.21 Å². The Kier molecular flexibility index (Phi) is 3.94. The van der Waals surface area contributed by atoms with Crippen molar-refractivity contribution in [1.29, 1.82) is 0 Å². The fraction of sp³-hybridized carbons (Fsp3) is 1.00. The van der Waals surface area contributed by atoms with E-state index in [9.17, 15) is 4.21 Å². The van der Waals surface area contributed by atoms with E-state index >= 15 is 0 Å². The SMILES string of the molecule is CCN=S(=O)(CC)C(C)C. The van der Waals surface area contributed by atoms with E-state index in [1.165, 1.54) is 0 Å². The molecular formula is C7H17NOS. The van der Waals surface area contributed by atoms with Gasteiger partial charge in [0, 0.05) is 27.3 Å². The Hall–Kier alpha value is -0.0500. The summed E-state index contributed by atoms with van der Waals surface area (Å²) >= 11 is 0. The van der Waals surface area contributed by atoms with Crippen molar-refractivity contribution in [2.75, 3.05) is 12.3 Å². The fourth-order valence-corrected chi connectivity index (χ4v) is 2.38. The van der Waals surface area contributed by atoms with Gasteiger partial charge in [-0.05, 0) is 6.92 Å². The molecule has 0 heterocycles. The van der Waals surface area contributed by atoms with Crippen LogP contribution in [0.5, 0.6) is 0 Å². The summed E-state index contributed by atoms with van der Waals surface area (Å²) in [6.07, 6.45) is 0. The predicted octanol–water partition coefficient (Wildman–Crippen LogP) is 1.90. The van der Waals surface area contributed by atoms with Crippen molar-refractivity contribution in [2.24, 2.45) is 4.36 Å². The molecule has 2 nitrogen and oxygen atoms in total. The van der Waals surface area contributed by atoms with E-state index in [-0.39, 0.29) is 5.25 Å². The predicted molar refractivity (Wildman–Crippen MR) is 46.8 cm³/mol. The van der Waals surface area contributed by atoms with E-state index in [1.807, 2.05) is 27.7 Å². The molecule has 0 aliphatic heterocycles. The maximum absolute atomic E-state index is 11.7. The van der Waals surface area contributed by atoms with Crippen molar-refractivity contribution in [3.05, 3.63) is 0 Å². The molecule has 0 aliphatic rings. The Morgan fingerprint density at radius 3 is 2.00 bits per heavy atom. The van der Waals surface area contributed by atoms with E-state index in [0.29, 0.717) is 12.3 Å². The quantitative estimate of drug-likeness (QED) is 0.625. The van der Waals surface area contributed by atoms with Gasteiger partial charge in [0.25, 0.3) is 0 Å². The lowest BCUT2D eigenvalue weighted by Crippen LogP contribution is -2.16. The van der Waals surface area contributed by atoms with Crippen LogP contribution in [0, 0.1) is 0 Å². The molecule has 0 fully saturated rings. The lowest BCUT2D eigenvalue weighted by atomic mass is 10.6. The van der Waals surface area contributed by atoms with Crippen LogP contribution in [0.4, 0.5) is 0 Å². The summed E-state index contributed by atoms with van der Waals surface area (Å²) in [6, 6.07) is 0. The Bertz CT molecular complexity index is 190. The molecular weight excluding hydrogens is 146 g/mol. The summed E-state index contributed by atoms with van der Waals surface area (Å²) in [5, 5.41) is 0.192. The first-order chi connectivity index (χ1) is 4.56. The van der Waals surface area contributed by atoms with Crippen LogP contribution in [0.2, 0.25) is 0 Å². The second kappa shape index (κ2) is 3.96. The molecule has 62 valence electrons. The molecule has 3 heteroatoms. The summed E-state index contributed by atoms with van der Waals surface area (Å²) < 4.78 is 15.8. The number of nitrogens with zero attached hydrogens (tertiary/aromatic N) is 1. The molecule has 0 spiro atoms. The summed E-state index contributed by atoms with van der Waals surface area (Å²) in [5.41, 5.74) is 0. The van der Waals surface area contributed by atoms with Crippen molar-refractivity contribution in [2.45, 2.75) is 32.9 Å². The third kappa shape index (κ3) is 2.29. The van der Waals surface area contributed by atoms with Crippen molar-refractivity contribution in [1.82, 2.24) is 0 Å². The van der Waals surface area contributed by atoms with Crippen molar-refractivity contribution in [3.63, 3.8) is 0 Å². The largest absolute Gasteiger partial charge is 0.250 e. The van der Waals surface area contributed by atoms with Crippen LogP contribution in [0.3, 0.4) is 0 Å². The summed E-state index contributed by atoms with van der Waals surface area (Å²) in [5.74, 6) is 0.679. The van der Waals surface area contributed by atoms with Crippen LogP contribution in [0.25, 0.3) is 0 Å². The van der Waals surface area contributed by atoms with Gasteiger partial charge >= 0.3 is 0 Å². The van der Waals surface area contributed by atoms with Crippen LogP contribution in [-0.4, -0.2) is 21.8 Å². The third-order valence-corrected chi connectivity index (χ3v) is 4.49. The normalized spacial score (nSPS) is 16.9. The highest BCUT2D eigenvalue weighted by atomic mass is 32.2. The highest BCUT2D eigenvalue weighted by molar-refractivity contribution is 7.94. The first-order valence-corrected chi connectivity index (χ1v) is 5.51. The molecule has 1 atom stereocenters. The zero-order chi connectivity index (χ0) is 8.20. The highest BCUT2D eigenvalue weighted by Gasteiger charge is 2.09. The third-order valence-electron chi connectivity index (χ3n) is 1.50. The fourth-order valence-electron chi connectivity index (χ4n) is 0.792. The topological polar surface area (TPSA) is 29.4 Å². The van der Waals surface area contributed by atoms with Gasteiger partial charge in [-0.15, -0.1) is 0 Å². The Labute approximate surface area is 64.2 Å². The molecule has 10 heavy (non-hydrogen) atoms. The first kappa shape index (κ1) is 9.95. The van der Waals surface area contributed by atoms with Gasteiger partial charge in [-0.25, -0.2) is 8.57 Å². The molecule has 0 radical (unpaired) electrons. The lowest BCUT2D eigenvalue weighted by Gasteiger charge is -2.10. The average molecular weight is 163 g/mol. The Balaban J connectivity index is 4.57. The summed E-state index contributed by atoms with van der Waals surface area (Å²) in [4.78, 5) is 0. The smallest absolute Gasteiger partial charge is 0.0488 e. The van der Waals surface area contributed by atoms with Gasteiger partial charge in [0.1, 0.15) is 0 Å². The summed E-state index contributed by atoms with van der Waals surface area (Å²) in [6.45, 7) is 8.46.